The average molecular weight is 479 g/mol. The Morgan fingerprint density at radius 2 is 1.74 bits per heavy atom. The monoisotopic (exact) mass is 478 g/mol. The number of para-hydroxylation sites is 1. The number of anilines is 1. The lowest BCUT2D eigenvalue weighted by Crippen LogP contribution is -2.41. The van der Waals surface area contributed by atoms with E-state index in [4.69, 9.17) is 25.6 Å². The van der Waals surface area contributed by atoms with Crippen molar-refractivity contribution in [3.63, 3.8) is 0 Å². The van der Waals surface area contributed by atoms with Gasteiger partial charge in [-0.1, -0.05) is 29.8 Å². The molecule has 2 aliphatic rings. The van der Waals surface area contributed by atoms with Crippen molar-refractivity contribution in [2.75, 3.05) is 12.0 Å². The molecule has 1 aromatic heterocycles. The van der Waals surface area contributed by atoms with Gasteiger partial charge in [-0.15, -0.1) is 0 Å². The Balaban J connectivity index is 1.54. The topological polar surface area (TPSA) is 52.9 Å². The fraction of sp³-hybridized carbons (Fsp3) is 0.346. The summed E-state index contributed by atoms with van der Waals surface area (Å²) in [7, 11) is 0.896. The third kappa shape index (κ3) is 3.72. The van der Waals surface area contributed by atoms with Crippen LogP contribution in [0.5, 0.6) is 5.75 Å². The van der Waals surface area contributed by atoms with Crippen LogP contribution in [0.15, 0.2) is 54.7 Å². The van der Waals surface area contributed by atoms with Crippen molar-refractivity contribution in [1.29, 1.82) is 0 Å². The van der Waals surface area contributed by atoms with Gasteiger partial charge in [0.1, 0.15) is 5.75 Å². The minimum absolute atomic E-state index is 0.179. The van der Waals surface area contributed by atoms with Crippen LogP contribution in [0.4, 0.5) is 5.69 Å². The quantitative estimate of drug-likeness (QED) is 0.514. The summed E-state index contributed by atoms with van der Waals surface area (Å²) in [6.45, 7) is 9.11. The van der Waals surface area contributed by atoms with E-state index < -0.39 is 18.3 Å². The summed E-state index contributed by atoms with van der Waals surface area (Å²) in [5, 5.41) is 0.397. The number of aromatic nitrogens is 1. The van der Waals surface area contributed by atoms with Gasteiger partial charge in [-0.3, -0.25) is 4.79 Å². The highest BCUT2D eigenvalue weighted by Gasteiger charge is 2.52. The standard InChI is InChI=1S/C26H28BClN2O4/c1-25(2)26(3,4)34-27(33-25)20-14-23(32-5)19(13-21(20)28)24(31)30-16-18-10-8-12-29(18)15-17-9-6-7-11-22(17)30/h6-14H,15-16H2,1-5H3. The summed E-state index contributed by atoms with van der Waals surface area (Å²) in [5.41, 5.74) is 3.03. The molecule has 0 spiro atoms. The number of hydrogen-bond acceptors (Lipinski definition) is 4. The number of carbonyl (C=O) groups excluding carboxylic acids is 1. The molecule has 0 saturated carbocycles. The Bertz CT molecular complexity index is 1250. The van der Waals surface area contributed by atoms with Gasteiger partial charge in [-0.2, -0.15) is 0 Å². The third-order valence-corrected chi connectivity index (χ3v) is 7.50. The number of benzene rings is 2. The largest absolute Gasteiger partial charge is 0.496 e. The van der Waals surface area contributed by atoms with Gasteiger partial charge in [0.2, 0.25) is 0 Å². The highest BCUT2D eigenvalue weighted by atomic mass is 35.5. The summed E-state index contributed by atoms with van der Waals surface area (Å²) in [5.74, 6) is 0.248. The molecule has 2 aliphatic heterocycles. The fourth-order valence-corrected chi connectivity index (χ4v) is 4.72. The Morgan fingerprint density at radius 3 is 2.44 bits per heavy atom. The molecule has 6 nitrogen and oxygen atoms in total. The maximum absolute atomic E-state index is 13.9. The Morgan fingerprint density at radius 1 is 1.03 bits per heavy atom. The van der Waals surface area contributed by atoms with E-state index >= 15 is 0 Å². The van der Waals surface area contributed by atoms with E-state index in [1.54, 1.807) is 24.1 Å². The molecule has 176 valence electrons. The van der Waals surface area contributed by atoms with Crippen molar-refractivity contribution in [3.05, 3.63) is 76.6 Å². The van der Waals surface area contributed by atoms with Crippen LogP contribution in [0.2, 0.25) is 5.02 Å². The molecule has 8 heteroatoms. The van der Waals surface area contributed by atoms with E-state index in [0.29, 0.717) is 34.9 Å². The number of fused-ring (bicyclic) bond motifs is 2. The number of halogens is 1. The van der Waals surface area contributed by atoms with Gasteiger partial charge in [-0.25, -0.2) is 0 Å². The van der Waals surface area contributed by atoms with Gasteiger partial charge in [0, 0.05) is 34.6 Å². The van der Waals surface area contributed by atoms with Crippen molar-refractivity contribution >= 4 is 35.8 Å². The number of hydrogen-bond donors (Lipinski definition) is 0. The first kappa shape index (κ1) is 23.0. The van der Waals surface area contributed by atoms with E-state index in [1.165, 1.54) is 0 Å². The molecule has 0 atom stereocenters. The zero-order valence-corrected chi connectivity index (χ0v) is 20.8. The molecular weight excluding hydrogens is 451 g/mol. The third-order valence-electron chi connectivity index (χ3n) is 7.17. The molecule has 3 aromatic rings. The van der Waals surface area contributed by atoms with Crippen LogP contribution in [-0.4, -0.2) is 35.9 Å². The fourth-order valence-electron chi connectivity index (χ4n) is 4.47. The smallest absolute Gasteiger partial charge is 0.496 e. The second kappa shape index (κ2) is 8.19. The van der Waals surface area contributed by atoms with E-state index in [0.717, 1.165) is 16.9 Å². The first-order valence-corrected chi connectivity index (χ1v) is 11.8. The molecule has 0 N–H and O–H groups in total. The van der Waals surface area contributed by atoms with Crippen molar-refractivity contribution in [2.24, 2.45) is 0 Å². The summed E-state index contributed by atoms with van der Waals surface area (Å²) >= 11 is 6.71. The van der Waals surface area contributed by atoms with Crippen LogP contribution in [-0.2, 0) is 22.4 Å². The maximum atomic E-state index is 13.9. The molecule has 5 rings (SSSR count). The maximum Gasteiger partial charge on any atom is 0.496 e. The van der Waals surface area contributed by atoms with Gasteiger partial charge in [0.15, 0.2) is 0 Å². The molecule has 2 aromatic carbocycles. The number of rotatable bonds is 3. The Hall–Kier alpha value is -2.74. The molecule has 34 heavy (non-hydrogen) atoms. The highest BCUT2D eigenvalue weighted by Crippen LogP contribution is 2.38. The first-order chi connectivity index (χ1) is 16.1. The minimum Gasteiger partial charge on any atom is -0.496 e. The van der Waals surface area contributed by atoms with Crippen molar-refractivity contribution in [3.8, 4) is 5.75 Å². The first-order valence-electron chi connectivity index (χ1n) is 11.4. The zero-order chi connectivity index (χ0) is 24.3. The van der Waals surface area contributed by atoms with Gasteiger partial charge < -0.3 is 23.5 Å². The van der Waals surface area contributed by atoms with E-state index in [2.05, 4.69) is 10.6 Å². The minimum atomic E-state index is -0.655. The molecule has 1 saturated heterocycles. The number of ether oxygens (including phenoxy) is 1. The molecule has 3 heterocycles. The molecule has 0 radical (unpaired) electrons. The van der Waals surface area contributed by atoms with Crippen LogP contribution in [0.1, 0.15) is 49.3 Å². The zero-order valence-electron chi connectivity index (χ0n) is 20.1. The normalized spacial score (nSPS) is 18.3. The summed E-state index contributed by atoms with van der Waals surface area (Å²) in [4.78, 5) is 15.7. The molecule has 0 bridgehead atoms. The predicted octanol–water partition coefficient (Wildman–Crippen LogP) is 4.66. The number of nitrogens with zero attached hydrogens (tertiary/aromatic N) is 2. The van der Waals surface area contributed by atoms with Crippen molar-refractivity contribution in [2.45, 2.75) is 52.0 Å². The van der Waals surface area contributed by atoms with Crippen LogP contribution in [0, 0.1) is 0 Å². The van der Waals surface area contributed by atoms with E-state index in [-0.39, 0.29) is 5.91 Å². The van der Waals surface area contributed by atoms with Gasteiger partial charge in [0.25, 0.3) is 5.91 Å². The summed E-state index contributed by atoms with van der Waals surface area (Å²) in [6.07, 6.45) is 2.04. The number of carbonyl (C=O) groups is 1. The average Bonchev–Trinajstić information content (AvgIpc) is 3.26. The van der Waals surface area contributed by atoms with E-state index in [9.17, 15) is 4.79 Å². The van der Waals surface area contributed by atoms with Crippen molar-refractivity contribution < 1.29 is 18.8 Å². The molecular formula is C26H28BClN2O4. The predicted molar refractivity (Wildman–Crippen MR) is 134 cm³/mol. The second-order valence-electron chi connectivity index (χ2n) is 9.81. The van der Waals surface area contributed by atoms with Crippen LogP contribution in [0.3, 0.4) is 0 Å². The van der Waals surface area contributed by atoms with Gasteiger partial charge in [-0.05, 0) is 63.6 Å². The van der Waals surface area contributed by atoms with Crippen LogP contribution in [0.25, 0.3) is 0 Å². The Kier molecular flexibility index (Phi) is 5.55. The summed E-state index contributed by atoms with van der Waals surface area (Å²) in [6, 6.07) is 15.4. The molecule has 0 unspecified atom stereocenters. The van der Waals surface area contributed by atoms with Gasteiger partial charge >= 0.3 is 7.12 Å². The lowest BCUT2D eigenvalue weighted by molar-refractivity contribution is 0.00578. The van der Waals surface area contributed by atoms with Gasteiger partial charge in [0.05, 0.1) is 30.4 Å². The second-order valence-corrected chi connectivity index (χ2v) is 10.2. The molecule has 0 aliphatic carbocycles. The highest BCUT2D eigenvalue weighted by molar-refractivity contribution is 6.65. The summed E-state index contributed by atoms with van der Waals surface area (Å²) < 4.78 is 20.2. The number of amides is 1. The van der Waals surface area contributed by atoms with Crippen LogP contribution >= 0.6 is 11.6 Å². The van der Waals surface area contributed by atoms with Crippen molar-refractivity contribution in [1.82, 2.24) is 4.57 Å². The number of methoxy groups -OCH3 is 1. The SMILES string of the molecule is COc1cc(B2OC(C)(C)C(C)(C)O2)c(Cl)cc1C(=O)N1Cc2cccn2Cc2ccccc21. The van der Waals surface area contributed by atoms with E-state index in [1.807, 2.05) is 64.2 Å². The Labute approximate surface area is 205 Å². The molecule has 1 amide bonds. The molecule has 1 fully saturated rings. The lowest BCUT2D eigenvalue weighted by Gasteiger charge is -2.32. The lowest BCUT2D eigenvalue weighted by atomic mass is 9.78. The van der Waals surface area contributed by atoms with Crippen LogP contribution < -0.4 is 15.1 Å².